The van der Waals surface area contributed by atoms with Gasteiger partial charge in [-0.25, -0.2) is 4.79 Å². The summed E-state index contributed by atoms with van der Waals surface area (Å²) in [6, 6.07) is 16.8. The molecule has 0 spiro atoms. The molecule has 1 heterocycles. The minimum atomic E-state index is 0.00852. The number of carbonyl (C=O) groups excluding carboxylic acids is 1. The zero-order valence-corrected chi connectivity index (χ0v) is 15.5. The molecule has 0 bridgehead atoms. The van der Waals surface area contributed by atoms with Gasteiger partial charge in [0.15, 0.2) is 0 Å². The number of ether oxygens (including phenoxy) is 1. The van der Waals surface area contributed by atoms with Crippen LogP contribution in [-0.4, -0.2) is 37.7 Å². The normalized spacial score (nSPS) is 12.3. The molecule has 1 aliphatic rings. The van der Waals surface area contributed by atoms with Gasteiger partial charge >= 0.3 is 6.03 Å². The first kappa shape index (κ1) is 18.3. The molecule has 4 nitrogen and oxygen atoms in total. The van der Waals surface area contributed by atoms with Crippen molar-refractivity contribution in [1.29, 1.82) is 0 Å². The molecule has 26 heavy (non-hydrogen) atoms. The molecule has 0 aromatic heterocycles. The van der Waals surface area contributed by atoms with Gasteiger partial charge in [-0.3, -0.25) is 0 Å². The van der Waals surface area contributed by atoms with E-state index in [2.05, 4.69) is 41.7 Å². The molecular formula is C22H28N2O2. The summed E-state index contributed by atoms with van der Waals surface area (Å²) < 4.78 is 5.53. The molecule has 0 atom stereocenters. The van der Waals surface area contributed by atoms with Crippen molar-refractivity contribution in [3.05, 3.63) is 65.2 Å². The predicted octanol–water partition coefficient (Wildman–Crippen LogP) is 3.83. The van der Waals surface area contributed by atoms with Crippen LogP contribution in [0.2, 0.25) is 0 Å². The van der Waals surface area contributed by atoms with E-state index < -0.39 is 0 Å². The standard InChI is InChI=1S/C22H28N2O2/c1-24(15-6-5-9-18-7-3-2-4-8-18)22(25)23-14-12-19-10-11-21-20(17-19)13-16-26-21/h2-4,7-8,10-11,17H,5-6,9,12-16H2,1H3,(H,23,25). The van der Waals surface area contributed by atoms with Crippen LogP contribution in [0.15, 0.2) is 48.5 Å². The monoisotopic (exact) mass is 352 g/mol. The molecule has 2 aromatic carbocycles. The SMILES string of the molecule is CN(CCCCc1ccccc1)C(=O)NCCc1ccc2c(c1)CCO2. The smallest absolute Gasteiger partial charge is 0.317 e. The number of unbranched alkanes of at least 4 members (excludes halogenated alkanes) is 1. The van der Waals surface area contributed by atoms with E-state index in [-0.39, 0.29) is 6.03 Å². The van der Waals surface area contributed by atoms with Crippen LogP contribution in [-0.2, 0) is 19.3 Å². The molecule has 0 aliphatic carbocycles. The van der Waals surface area contributed by atoms with Crippen molar-refractivity contribution < 1.29 is 9.53 Å². The molecule has 0 radical (unpaired) electrons. The Morgan fingerprint density at radius 1 is 1.08 bits per heavy atom. The number of nitrogens with one attached hydrogen (secondary N) is 1. The lowest BCUT2D eigenvalue weighted by atomic mass is 10.1. The Bertz CT molecular complexity index is 715. The Morgan fingerprint density at radius 2 is 1.92 bits per heavy atom. The van der Waals surface area contributed by atoms with Gasteiger partial charge < -0.3 is 15.0 Å². The van der Waals surface area contributed by atoms with E-state index in [0.29, 0.717) is 6.54 Å². The van der Waals surface area contributed by atoms with Gasteiger partial charge in [0, 0.05) is 26.6 Å². The second-order valence-electron chi connectivity index (χ2n) is 6.89. The number of amides is 2. The van der Waals surface area contributed by atoms with Gasteiger partial charge in [0.05, 0.1) is 6.61 Å². The summed E-state index contributed by atoms with van der Waals surface area (Å²) in [5.74, 6) is 1.01. The van der Waals surface area contributed by atoms with Crippen molar-refractivity contribution in [1.82, 2.24) is 10.2 Å². The summed E-state index contributed by atoms with van der Waals surface area (Å²) in [7, 11) is 1.87. The molecule has 4 heteroatoms. The van der Waals surface area contributed by atoms with E-state index in [1.165, 1.54) is 16.7 Å². The number of fused-ring (bicyclic) bond motifs is 1. The molecule has 0 fully saturated rings. The fraction of sp³-hybridized carbons (Fsp3) is 0.409. The van der Waals surface area contributed by atoms with Crippen LogP contribution in [0.4, 0.5) is 4.79 Å². The topological polar surface area (TPSA) is 41.6 Å². The Labute approximate surface area is 156 Å². The second-order valence-corrected chi connectivity index (χ2v) is 6.89. The van der Waals surface area contributed by atoms with E-state index >= 15 is 0 Å². The number of rotatable bonds is 8. The summed E-state index contributed by atoms with van der Waals surface area (Å²) in [6.45, 7) is 2.23. The number of urea groups is 1. The number of hydrogen-bond acceptors (Lipinski definition) is 2. The third-order valence-corrected chi connectivity index (χ3v) is 4.84. The highest BCUT2D eigenvalue weighted by Crippen LogP contribution is 2.25. The van der Waals surface area contributed by atoms with Gasteiger partial charge in [-0.2, -0.15) is 0 Å². The van der Waals surface area contributed by atoms with Crippen LogP contribution in [0, 0.1) is 0 Å². The lowest BCUT2D eigenvalue weighted by molar-refractivity contribution is 0.208. The molecule has 2 amide bonds. The number of aryl methyl sites for hydroxylation is 1. The summed E-state index contributed by atoms with van der Waals surface area (Å²) in [5.41, 5.74) is 3.89. The quantitative estimate of drug-likeness (QED) is 0.734. The maximum absolute atomic E-state index is 12.2. The second kappa shape index (κ2) is 9.27. The van der Waals surface area contributed by atoms with Crippen LogP contribution in [0.25, 0.3) is 0 Å². The van der Waals surface area contributed by atoms with E-state index in [0.717, 1.165) is 51.0 Å². The molecule has 0 saturated carbocycles. The van der Waals surface area contributed by atoms with Gasteiger partial charge in [0.2, 0.25) is 0 Å². The maximum atomic E-state index is 12.2. The highest BCUT2D eigenvalue weighted by molar-refractivity contribution is 5.73. The van der Waals surface area contributed by atoms with Crippen molar-refractivity contribution >= 4 is 6.03 Å². The molecule has 3 rings (SSSR count). The summed E-state index contributed by atoms with van der Waals surface area (Å²) in [5, 5.41) is 3.01. The Morgan fingerprint density at radius 3 is 2.77 bits per heavy atom. The average Bonchev–Trinajstić information content (AvgIpc) is 3.13. The maximum Gasteiger partial charge on any atom is 0.317 e. The van der Waals surface area contributed by atoms with Gasteiger partial charge in [0.1, 0.15) is 5.75 Å². The molecule has 0 unspecified atom stereocenters. The van der Waals surface area contributed by atoms with Crippen LogP contribution in [0.3, 0.4) is 0 Å². The van der Waals surface area contributed by atoms with Crippen molar-refractivity contribution in [2.75, 3.05) is 26.7 Å². The lowest BCUT2D eigenvalue weighted by Crippen LogP contribution is -2.38. The van der Waals surface area contributed by atoms with Gasteiger partial charge in [-0.1, -0.05) is 42.5 Å². The first-order valence-corrected chi connectivity index (χ1v) is 9.50. The largest absolute Gasteiger partial charge is 0.493 e. The van der Waals surface area contributed by atoms with Crippen molar-refractivity contribution in [3.63, 3.8) is 0 Å². The average molecular weight is 352 g/mol. The zero-order valence-electron chi connectivity index (χ0n) is 15.5. The predicted molar refractivity (Wildman–Crippen MR) is 105 cm³/mol. The van der Waals surface area contributed by atoms with E-state index in [1.54, 1.807) is 4.90 Å². The third-order valence-electron chi connectivity index (χ3n) is 4.84. The lowest BCUT2D eigenvalue weighted by Gasteiger charge is -2.18. The van der Waals surface area contributed by atoms with Crippen molar-refractivity contribution in [3.8, 4) is 5.75 Å². The van der Waals surface area contributed by atoms with Gasteiger partial charge in [0.25, 0.3) is 0 Å². The highest BCUT2D eigenvalue weighted by Gasteiger charge is 2.12. The first-order valence-electron chi connectivity index (χ1n) is 9.50. The first-order chi connectivity index (χ1) is 12.7. The van der Waals surface area contributed by atoms with Gasteiger partial charge in [-0.05, 0) is 48.4 Å². The summed E-state index contributed by atoms with van der Waals surface area (Å²) >= 11 is 0. The van der Waals surface area contributed by atoms with Crippen LogP contribution in [0.5, 0.6) is 5.75 Å². The minimum Gasteiger partial charge on any atom is -0.493 e. The van der Waals surface area contributed by atoms with E-state index in [4.69, 9.17) is 4.74 Å². The van der Waals surface area contributed by atoms with Crippen LogP contribution < -0.4 is 10.1 Å². The highest BCUT2D eigenvalue weighted by atomic mass is 16.5. The fourth-order valence-electron chi connectivity index (χ4n) is 3.27. The van der Waals surface area contributed by atoms with Crippen LogP contribution >= 0.6 is 0 Å². The Hall–Kier alpha value is -2.49. The summed E-state index contributed by atoms with van der Waals surface area (Å²) in [4.78, 5) is 14.0. The number of carbonyl (C=O) groups is 1. The molecule has 0 saturated heterocycles. The molecule has 138 valence electrons. The molecular weight excluding hydrogens is 324 g/mol. The summed E-state index contributed by atoms with van der Waals surface area (Å²) in [6.07, 6.45) is 5.02. The van der Waals surface area contributed by atoms with Crippen molar-refractivity contribution in [2.45, 2.75) is 32.1 Å². The zero-order chi connectivity index (χ0) is 18.2. The fourth-order valence-corrected chi connectivity index (χ4v) is 3.27. The van der Waals surface area contributed by atoms with E-state index in [1.807, 2.05) is 19.2 Å². The third kappa shape index (κ3) is 5.25. The Kier molecular flexibility index (Phi) is 6.53. The number of hydrogen-bond donors (Lipinski definition) is 1. The van der Waals surface area contributed by atoms with E-state index in [9.17, 15) is 4.79 Å². The van der Waals surface area contributed by atoms with Crippen molar-refractivity contribution in [2.24, 2.45) is 0 Å². The minimum absolute atomic E-state index is 0.00852. The molecule has 1 aliphatic heterocycles. The number of benzene rings is 2. The Balaban J connectivity index is 1.31. The van der Waals surface area contributed by atoms with Gasteiger partial charge in [-0.15, -0.1) is 0 Å². The molecule has 2 aromatic rings. The number of nitrogens with zero attached hydrogens (tertiary/aromatic N) is 1. The molecule has 1 N–H and O–H groups in total. The van der Waals surface area contributed by atoms with Crippen LogP contribution in [0.1, 0.15) is 29.5 Å².